The van der Waals surface area contributed by atoms with E-state index in [9.17, 15) is 4.80 Å². The number of benzene rings is 1. The Hall–Kier alpha value is -2.50. The summed E-state index contributed by atoms with van der Waals surface area (Å²) in [6.07, 6.45) is 1.17. The van der Waals surface area contributed by atoms with Crippen molar-refractivity contribution in [3.05, 3.63) is 53.9 Å². The summed E-state index contributed by atoms with van der Waals surface area (Å²) in [5, 5.41) is 11.7. The monoisotopic (exact) mass is 421 g/mol. The first kappa shape index (κ1) is 18.8. The fourth-order valence-electron chi connectivity index (χ4n) is 3.29. The number of nitrogen functional groups attached to an aromatic ring is 1. The molecule has 0 saturated heterocycles. The van der Waals surface area contributed by atoms with Crippen LogP contribution in [0, 0.1) is 11.3 Å². The highest BCUT2D eigenvalue weighted by Gasteiger charge is 2.23. The van der Waals surface area contributed by atoms with Gasteiger partial charge in [0.05, 0.1) is 22.3 Å². The summed E-state index contributed by atoms with van der Waals surface area (Å²) >= 11 is 3.17. The average Bonchev–Trinajstić information content (AvgIpc) is 3.37. The maximum Gasteiger partial charge on any atom is 0.217 e. The lowest BCUT2D eigenvalue weighted by molar-refractivity contribution is 0.581. The zero-order valence-corrected chi connectivity index (χ0v) is 17.9. The van der Waals surface area contributed by atoms with Crippen molar-refractivity contribution in [1.82, 2.24) is 4.98 Å². The highest BCUT2D eigenvalue weighted by Crippen LogP contribution is 2.38. The molecule has 3 aromatic heterocycles. The molecule has 1 atom stereocenters. The fourth-order valence-corrected chi connectivity index (χ4v) is 7.45. The molecule has 1 unspecified atom stereocenters. The Bertz CT molecular complexity index is 1130. The molecule has 0 amide bonds. The Labute approximate surface area is 173 Å². The van der Waals surface area contributed by atoms with Gasteiger partial charge in [0.2, 0.25) is 9.04 Å². The largest absolute Gasteiger partial charge is 0.429 e. The molecule has 7 heteroatoms. The maximum atomic E-state index is 10.8. The molecule has 4 rings (SSSR count). The van der Waals surface area contributed by atoms with Crippen molar-refractivity contribution in [2.24, 2.45) is 0 Å². The van der Waals surface area contributed by atoms with Crippen molar-refractivity contribution < 1.29 is 4.80 Å². The van der Waals surface area contributed by atoms with E-state index in [1.165, 1.54) is 11.3 Å². The van der Waals surface area contributed by atoms with E-state index in [2.05, 4.69) is 30.3 Å². The predicted octanol–water partition coefficient (Wildman–Crippen LogP) is 4.50. The van der Waals surface area contributed by atoms with Crippen molar-refractivity contribution in [2.75, 3.05) is 5.73 Å². The number of nitriles is 1. The average molecular weight is 422 g/mol. The van der Waals surface area contributed by atoms with Crippen molar-refractivity contribution in [2.45, 2.75) is 18.9 Å². The van der Waals surface area contributed by atoms with Gasteiger partial charge >= 0.3 is 0 Å². The molecular formula is C21H19N3OS2Si. The van der Waals surface area contributed by atoms with Gasteiger partial charge in [-0.15, -0.1) is 22.7 Å². The number of hydrogen-bond donors (Lipinski definition) is 2. The number of anilines is 1. The smallest absolute Gasteiger partial charge is 0.217 e. The molecule has 1 aromatic carbocycles. The molecule has 3 N–H and O–H groups in total. The van der Waals surface area contributed by atoms with E-state index >= 15 is 0 Å². The third-order valence-corrected chi connectivity index (χ3v) is 9.52. The molecule has 4 nitrogen and oxygen atoms in total. The van der Waals surface area contributed by atoms with Crippen molar-refractivity contribution in [1.29, 1.82) is 5.26 Å². The molecule has 0 aliphatic heterocycles. The zero-order chi connectivity index (χ0) is 19.5. The van der Waals surface area contributed by atoms with E-state index in [4.69, 9.17) is 16.0 Å². The van der Waals surface area contributed by atoms with Crippen LogP contribution < -0.4 is 10.2 Å². The van der Waals surface area contributed by atoms with Gasteiger partial charge in [-0.1, -0.05) is 36.4 Å². The van der Waals surface area contributed by atoms with Crippen LogP contribution in [0.1, 0.15) is 12.8 Å². The summed E-state index contributed by atoms with van der Waals surface area (Å²) in [4.78, 5) is 17.6. The Kier molecular flexibility index (Phi) is 5.55. The predicted molar refractivity (Wildman–Crippen MR) is 121 cm³/mol. The van der Waals surface area contributed by atoms with Crippen LogP contribution in [-0.4, -0.2) is 18.8 Å². The number of fused-ring (bicyclic) bond motifs is 1. The molecule has 0 saturated carbocycles. The third kappa shape index (κ3) is 3.60. The molecular weight excluding hydrogens is 402 g/mol. The van der Waals surface area contributed by atoms with Crippen LogP contribution in [0.15, 0.2) is 53.9 Å². The molecule has 0 spiro atoms. The van der Waals surface area contributed by atoms with Crippen molar-refractivity contribution >= 4 is 52.1 Å². The molecule has 3 heterocycles. The second-order valence-corrected chi connectivity index (χ2v) is 11.1. The summed E-state index contributed by atoms with van der Waals surface area (Å²) in [5.41, 5.74) is 10.2. The minimum absolute atomic E-state index is 0.463. The number of nitrogens with zero attached hydrogens (tertiary/aromatic N) is 2. The molecule has 4 aromatic rings. The van der Waals surface area contributed by atoms with Gasteiger partial charge in [0.15, 0.2) is 0 Å². The first-order chi connectivity index (χ1) is 13.7. The number of thiophene rings is 2. The SMILES string of the molecule is N#CCCC[SiH](O)c1sc2nc(-c3cccs3)cc(-c3ccccc3)c2c1N. The van der Waals surface area contributed by atoms with Gasteiger partial charge in [-0.2, -0.15) is 5.26 Å². The number of nitrogens with two attached hydrogens (primary N) is 1. The second-order valence-electron chi connectivity index (χ2n) is 6.52. The number of rotatable bonds is 6. The van der Waals surface area contributed by atoms with E-state index in [1.54, 1.807) is 11.3 Å². The Morgan fingerprint density at radius 1 is 1.18 bits per heavy atom. The molecule has 0 fully saturated rings. The Balaban J connectivity index is 1.88. The van der Waals surface area contributed by atoms with E-state index in [0.29, 0.717) is 24.6 Å². The molecule has 0 aliphatic carbocycles. The van der Waals surface area contributed by atoms with Crippen LogP contribution in [0.5, 0.6) is 0 Å². The highest BCUT2D eigenvalue weighted by molar-refractivity contribution is 7.29. The number of pyridine rings is 1. The van der Waals surface area contributed by atoms with Gasteiger partial charge in [-0.3, -0.25) is 0 Å². The van der Waals surface area contributed by atoms with Crippen LogP contribution >= 0.6 is 22.7 Å². The van der Waals surface area contributed by atoms with Gasteiger partial charge in [0.25, 0.3) is 0 Å². The standard InChI is InChI=1S/C21H19N3OS2Si/c22-10-4-5-12-28(25)21-19(23)18-15(14-7-2-1-3-8-14)13-16(24-20(18)27-21)17-9-6-11-26-17/h1-3,6-9,11,13,25,28H,4-5,12,23H2. The van der Waals surface area contributed by atoms with Crippen LogP contribution in [0.25, 0.3) is 31.9 Å². The maximum absolute atomic E-state index is 10.8. The van der Waals surface area contributed by atoms with Crippen LogP contribution in [0.2, 0.25) is 6.04 Å². The third-order valence-electron chi connectivity index (χ3n) is 4.65. The Morgan fingerprint density at radius 2 is 2.00 bits per heavy atom. The van der Waals surface area contributed by atoms with E-state index in [1.807, 2.05) is 29.6 Å². The quantitative estimate of drug-likeness (QED) is 0.355. The van der Waals surface area contributed by atoms with Crippen LogP contribution in [-0.2, 0) is 0 Å². The summed E-state index contributed by atoms with van der Waals surface area (Å²) < 4.78 is 0.876. The number of hydrogen-bond acceptors (Lipinski definition) is 6. The highest BCUT2D eigenvalue weighted by atomic mass is 32.1. The molecule has 140 valence electrons. The van der Waals surface area contributed by atoms with Crippen molar-refractivity contribution in [3.63, 3.8) is 0 Å². The van der Waals surface area contributed by atoms with E-state index in [0.717, 1.165) is 36.4 Å². The second kappa shape index (κ2) is 8.25. The van der Waals surface area contributed by atoms with Crippen LogP contribution in [0.4, 0.5) is 5.69 Å². The van der Waals surface area contributed by atoms with Gasteiger partial charge < -0.3 is 10.5 Å². The van der Waals surface area contributed by atoms with Crippen LogP contribution in [0.3, 0.4) is 0 Å². The summed E-state index contributed by atoms with van der Waals surface area (Å²) in [5.74, 6) is 0. The molecule has 28 heavy (non-hydrogen) atoms. The van der Waals surface area contributed by atoms with E-state index < -0.39 is 9.04 Å². The van der Waals surface area contributed by atoms with Gasteiger partial charge in [-0.05, 0) is 41.1 Å². The molecule has 0 radical (unpaired) electrons. The minimum atomic E-state index is -2.19. The topological polar surface area (TPSA) is 82.9 Å². The first-order valence-corrected chi connectivity index (χ1v) is 12.7. The molecule has 0 bridgehead atoms. The number of aromatic nitrogens is 1. The van der Waals surface area contributed by atoms with Crippen molar-refractivity contribution in [3.8, 4) is 27.8 Å². The Morgan fingerprint density at radius 3 is 2.71 bits per heavy atom. The number of unbranched alkanes of at least 4 members (excludes halogenated alkanes) is 1. The minimum Gasteiger partial charge on any atom is -0.429 e. The van der Waals surface area contributed by atoms with Gasteiger partial charge in [-0.25, -0.2) is 4.98 Å². The van der Waals surface area contributed by atoms with E-state index in [-0.39, 0.29) is 0 Å². The normalized spacial score (nSPS) is 12.1. The van der Waals surface area contributed by atoms with Gasteiger partial charge in [0, 0.05) is 16.3 Å². The summed E-state index contributed by atoms with van der Waals surface area (Å²) in [7, 11) is -2.19. The molecule has 0 aliphatic rings. The van der Waals surface area contributed by atoms with Gasteiger partial charge in [0.1, 0.15) is 4.83 Å². The lowest BCUT2D eigenvalue weighted by Crippen LogP contribution is -2.29. The fraction of sp³-hybridized carbons (Fsp3) is 0.143. The summed E-state index contributed by atoms with van der Waals surface area (Å²) in [6, 6.07) is 19.2. The lowest BCUT2D eigenvalue weighted by Gasteiger charge is -2.09. The summed E-state index contributed by atoms with van der Waals surface area (Å²) in [6.45, 7) is 0. The zero-order valence-electron chi connectivity index (χ0n) is 15.1. The first-order valence-electron chi connectivity index (χ1n) is 9.06. The lowest BCUT2D eigenvalue weighted by atomic mass is 10.0.